The molecule has 1 aromatic heterocycles. The van der Waals surface area contributed by atoms with Crippen molar-refractivity contribution in [2.45, 2.75) is 13.5 Å². The summed E-state index contributed by atoms with van der Waals surface area (Å²) in [5.74, 6) is -0.681. The molecule has 0 amide bonds. The Morgan fingerprint density at radius 2 is 2.43 bits per heavy atom. The molecule has 0 bridgehead atoms. The highest BCUT2D eigenvalue weighted by Gasteiger charge is 2.44. The second-order valence-electron chi connectivity index (χ2n) is 4.09. The number of likely N-dealkylation sites (tertiary alicyclic amines) is 1. The first-order valence-electron chi connectivity index (χ1n) is 4.58. The largest absolute Gasteiger partial charge is 0.481 e. The van der Waals surface area contributed by atoms with Crippen LogP contribution in [0, 0.1) is 5.41 Å². The van der Waals surface area contributed by atoms with Gasteiger partial charge in [-0.25, -0.2) is 0 Å². The van der Waals surface area contributed by atoms with Crippen LogP contribution in [-0.2, 0) is 11.3 Å². The predicted molar refractivity (Wildman–Crippen MR) is 55.3 cm³/mol. The second kappa shape index (κ2) is 3.37. The van der Waals surface area contributed by atoms with E-state index in [1.807, 2.05) is 11.4 Å². The van der Waals surface area contributed by atoms with Crippen LogP contribution in [0.25, 0.3) is 0 Å². The van der Waals surface area contributed by atoms with Crippen LogP contribution >= 0.6 is 11.3 Å². The topological polar surface area (TPSA) is 40.5 Å². The highest BCUT2D eigenvalue weighted by Crippen LogP contribution is 2.31. The fourth-order valence-corrected chi connectivity index (χ4v) is 2.56. The Morgan fingerprint density at radius 1 is 1.71 bits per heavy atom. The van der Waals surface area contributed by atoms with Crippen molar-refractivity contribution in [3.63, 3.8) is 0 Å². The van der Waals surface area contributed by atoms with Gasteiger partial charge in [0.1, 0.15) is 0 Å². The van der Waals surface area contributed by atoms with Crippen molar-refractivity contribution in [1.29, 1.82) is 0 Å². The zero-order valence-corrected chi connectivity index (χ0v) is 8.88. The number of carboxylic acids is 1. The van der Waals surface area contributed by atoms with E-state index >= 15 is 0 Å². The number of carbonyl (C=O) groups is 1. The molecule has 76 valence electrons. The maximum Gasteiger partial charge on any atom is 0.311 e. The summed E-state index contributed by atoms with van der Waals surface area (Å²) in [6.45, 7) is 4.03. The van der Waals surface area contributed by atoms with Crippen molar-refractivity contribution in [3.05, 3.63) is 22.4 Å². The summed E-state index contributed by atoms with van der Waals surface area (Å²) in [6, 6.07) is 4.11. The molecule has 1 aliphatic heterocycles. The van der Waals surface area contributed by atoms with E-state index in [4.69, 9.17) is 5.11 Å². The number of nitrogens with zero attached hydrogens (tertiary/aromatic N) is 1. The van der Waals surface area contributed by atoms with Gasteiger partial charge in [0.25, 0.3) is 0 Å². The third-order valence-electron chi connectivity index (χ3n) is 2.62. The van der Waals surface area contributed by atoms with Crippen LogP contribution in [0.4, 0.5) is 0 Å². The van der Waals surface area contributed by atoms with Gasteiger partial charge in [0.2, 0.25) is 0 Å². The van der Waals surface area contributed by atoms with E-state index in [1.165, 1.54) is 4.88 Å². The zero-order chi connectivity index (χ0) is 10.2. The van der Waals surface area contributed by atoms with Gasteiger partial charge in [-0.2, -0.15) is 0 Å². The summed E-state index contributed by atoms with van der Waals surface area (Å²) in [5.41, 5.74) is -0.517. The molecule has 4 heteroatoms. The van der Waals surface area contributed by atoms with Crippen molar-refractivity contribution in [3.8, 4) is 0 Å². The average Bonchev–Trinajstić information content (AvgIpc) is 2.53. The monoisotopic (exact) mass is 211 g/mol. The molecule has 0 atom stereocenters. The van der Waals surface area contributed by atoms with E-state index in [2.05, 4.69) is 11.0 Å². The SMILES string of the molecule is CC1(C(=O)O)CN(Cc2cccs2)C1. The first kappa shape index (κ1) is 9.68. The molecular weight excluding hydrogens is 198 g/mol. The summed E-state index contributed by atoms with van der Waals surface area (Å²) >= 11 is 1.72. The Balaban J connectivity index is 1.87. The second-order valence-corrected chi connectivity index (χ2v) is 5.12. The number of rotatable bonds is 3. The maximum absolute atomic E-state index is 10.8. The molecule has 1 N–H and O–H groups in total. The molecule has 0 spiro atoms. The molecule has 1 aromatic rings. The standard InChI is InChI=1S/C10H13NO2S/c1-10(9(12)13)6-11(7-10)5-8-3-2-4-14-8/h2-4H,5-7H2,1H3,(H,12,13). The highest BCUT2D eigenvalue weighted by atomic mass is 32.1. The summed E-state index contributed by atoms with van der Waals surface area (Å²) < 4.78 is 0. The highest BCUT2D eigenvalue weighted by molar-refractivity contribution is 7.09. The fraction of sp³-hybridized carbons (Fsp3) is 0.500. The third-order valence-corrected chi connectivity index (χ3v) is 3.48. The van der Waals surface area contributed by atoms with Crippen molar-refractivity contribution in [2.75, 3.05) is 13.1 Å². The van der Waals surface area contributed by atoms with E-state index in [1.54, 1.807) is 18.3 Å². The van der Waals surface area contributed by atoms with Gasteiger partial charge >= 0.3 is 5.97 Å². The van der Waals surface area contributed by atoms with E-state index in [0.29, 0.717) is 13.1 Å². The molecule has 1 aliphatic rings. The third kappa shape index (κ3) is 1.67. The van der Waals surface area contributed by atoms with Crippen LogP contribution in [0.1, 0.15) is 11.8 Å². The number of hydrogen-bond acceptors (Lipinski definition) is 3. The first-order chi connectivity index (χ1) is 6.60. The van der Waals surface area contributed by atoms with Gasteiger partial charge in [-0.1, -0.05) is 6.07 Å². The Hall–Kier alpha value is -0.870. The smallest absolute Gasteiger partial charge is 0.311 e. The number of thiophene rings is 1. The van der Waals surface area contributed by atoms with Crippen molar-refractivity contribution < 1.29 is 9.90 Å². The van der Waals surface area contributed by atoms with E-state index in [0.717, 1.165) is 6.54 Å². The molecule has 0 radical (unpaired) electrons. The van der Waals surface area contributed by atoms with E-state index in [-0.39, 0.29) is 0 Å². The van der Waals surface area contributed by atoms with Crippen molar-refractivity contribution in [2.24, 2.45) is 5.41 Å². The van der Waals surface area contributed by atoms with Gasteiger partial charge < -0.3 is 5.11 Å². The first-order valence-corrected chi connectivity index (χ1v) is 5.46. The lowest BCUT2D eigenvalue weighted by molar-refractivity contribution is -0.158. The van der Waals surface area contributed by atoms with Gasteiger partial charge in [-0.05, 0) is 18.4 Å². The Bertz CT molecular complexity index is 328. The number of aliphatic carboxylic acids is 1. The van der Waals surface area contributed by atoms with Crippen LogP contribution < -0.4 is 0 Å². The predicted octanol–water partition coefficient (Wildman–Crippen LogP) is 1.65. The Kier molecular flexibility index (Phi) is 2.33. The normalized spacial score (nSPS) is 20.4. The van der Waals surface area contributed by atoms with E-state index < -0.39 is 11.4 Å². The molecule has 0 aliphatic carbocycles. The quantitative estimate of drug-likeness (QED) is 0.826. The van der Waals surface area contributed by atoms with Crippen molar-refractivity contribution in [1.82, 2.24) is 4.90 Å². The van der Waals surface area contributed by atoms with Crippen LogP contribution in [0.2, 0.25) is 0 Å². The zero-order valence-electron chi connectivity index (χ0n) is 8.06. The molecule has 0 saturated carbocycles. The van der Waals surface area contributed by atoms with Gasteiger partial charge in [0.15, 0.2) is 0 Å². The molecule has 0 unspecified atom stereocenters. The molecule has 14 heavy (non-hydrogen) atoms. The minimum Gasteiger partial charge on any atom is -0.481 e. The number of carboxylic acid groups (broad SMARTS) is 1. The average molecular weight is 211 g/mol. The molecular formula is C10H13NO2S. The molecule has 1 fully saturated rings. The number of hydrogen-bond donors (Lipinski definition) is 1. The maximum atomic E-state index is 10.8. The van der Waals surface area contributed by atoms with Crippen LogP contribution in [0.15, 0.2) is 17.5 Å². The Labute approximate surface area is 87.0 Å². The van der Waals surface area contributed by atoms with Crippen LogP contribution in [-0.4, -0.2) is 29.1 Å². The lowest BCUT2D eigenvalue weighted by Crippen LogP contribution is -2.57. The lowest BCUT2D eigenvalue weighted by atomic mass is 9.82. The van der Waals surface area contributed by atoms with Crippen LogP contribution in [0.5, 0.6) is 0 Å². The minimum atomic E-state index is -0.681. The van der Waals surface area contributed by atoms with E-state index in [9.17, 15) is 4.79 Å². The fourth-order valence-electron chi connectivity index (χ4n) is 1.81. The molecule has 0 aromatic carbocycles. The van der Waals surface area contributed by atoms with Crippen molar-refractivity contribution >= 4 is 17.3 Å². The van der Waals surface area contributed by atoms with Crippen LogP contribution in [0.3, 0.4) is 0 Å². The minimum absolute atomic E-state index is 0.517. The van der Waals surface area contributed by atoms with Gasteiger partial charge in [-0.15, -0.1) is 11.3 Å². The molecule has 1 saturated heterocycles. The lowest BCUT2D eigenvalue weighted by Gasteiger charge is -2.44. The van der Waals surface area contributed by atoms with Gasteiger partial charge in [0.05, 0.1) is 5.41 Å². The Morgan fingerprint density at radius 3 is 2.93 bits per heavy atom. The summed E-state index contributed by atoms with van der Waals surface area (Å²) in [7, 11) is 0. The summed E-state index contributed by atoms with van der Waals surface area (Å²) in [4.78, 5) is 14.3. The molecule has 3 nitrogen and oxygen atoms in total. The summed E-state index contributed by atoms with van der Waals surface area (Å²) in [6.07, 6.45) is 0. The summed E-state index contributed by atoms with van der Waals surface area (Å²) in [5, 5.41) is 11.0. The molecule has 2 rings (SSSR count). The van der Waals surface area contributed by atoms with Gasteiger partial charge in [-0.3, -0.25) is 9.69 Å². The van der Waals surface area contributed by atoms with Gasteiger partial charge in [0, 0.05) is 24.5 Å². The molecule has 2 heterocycles.